The summed E-state index contributed by atoms with van der Waals surface area (Å²) in [6.45, 7) is 0. The van der Waals surface area contributed by atoms with Crippen LogP contribution < -0.4 is 0 Å². The molecule has 1 aliphatic rings. The van der Waals surface area contributed by atoms with Crippen LogP contribution in [0.2, 0.25) is 0 Å². The highest BCUT2D eigenvalue weighted by atomic mass is 19.1. The van der Waals surface area contributed by atoms with Gasteiger partial charge < -0.3 is 0 Å². The summed E-state index contributed by atoms with van der Waals surface area (Å²) in [6.07, 6.45) is 1.50. The lowest BCUT2D eigenvalue weighted by Crippen LogP contribution is -2.05. The molecule has 0 saturated carbocycles. The molecule has 0 spiro atoms. The van der Waals surface area contributed by atoms with Crippen molar-refractivity contribution in [2.45, 2.75) is 6.42 Å². The first-order valence-electron chi connectivity index (χ1n) is 3.29. The van der Waals surface area contributed by atoms with Crippen LogP contribution in [-0.4, -0.2) is 0 Å². The number of hydrogen-bond donors (Lipinski definition) is 0. The molecule has 0 atom stereocenters. The summed E-state index contributed by atoms with van der Waals surface area (Å²) < 4.78 is 12.0. The Morgan fingerprint density at radius 3 is 2.80 bits per heavy atom. The van der Waals surface area contributed by atoms with Crippen molar-refractivity contribution in [1.82, 2.24) is 0 Å². The summed E-state index contributed by atoms with van der Waals surface area (Å²) in [5.74, 6) is 0. The minimum atomic E-state index is 0.697. The number of benzene rings is 1. The molecule has 0 bridgehead atoms. The first-order chi connectivity index (χ1) is 4.92. The van der Waals surface area contributed by atoms with E-state index in [1.54, 1.807) is 0 Å². The van der Waals surface area contributed by atoms with Crippen molar-refractivity contribution < 1.29 is 4.39 Å². The molecule has 0 amide bonds. The molecule has 0 saturated heterocycles. The Morgan fingerprint density at radius 1 is 1.30 bits per heavy atom. The lowest BCUT2D eigenvalue weighted by molar-refractivity contribution is 0.718. The average Bonchev–Trinajstić information content (AvgIpc) is 1.92. The van der Waals surface area contributed by atoms with E-state index in [2.05, 4.69) is 0 Å². The third-order valence-corrected chi connectivity index (χ3v) is 1.88. The zero-order chi connectivity index (χ0) is 6.97. The Hall–Kier alpha value is -1.11. The van der Waals surface area contributed by atoms with Crippen LogP contribution in [-0.2, 0) is 6.42 Å². The SMILES string of the molecule is F/C=C1/Cc2ccccc21. The van der Waals surface area contributed by atoms with Crippen molar-refractivity contribution in [2.24, 2.45) is 0 Å². The monoisotopic (exact) mass is 134 g/mol. The summed E-state index contributed by atoms with van der Waals surface area (Å²) >= 11 is 0. The molecule has 10 heavy (non-hydrogen) atoms. The van der Waals surface area contributed by atoms with Gasteiger partial charge in [0.25, 0.3) is 0 Å². The van der Waals surface area contributed by atoms with Gasteiger partial charge in [-0.3, -0.25) is 0 Å². The number of halogens is 1. The van der Waals surface area contributed by atoms with Gasteiger partial charge in [0, 0.05) is 6.42 Å². The molecule has 1 aromatic carbocycles. The molecule has 0 unspecified atom stereocenters. The molecule has 0 radical (unpaired) electrons. The molecule has 0 nitrogen and oxygen atoms in total. The van der Waals surface area contributed by atoms with E-state index < -0.39 is 0 Å². The van der Waals surface area contributed by atoms with Crippen LogP contribution in [0.3, 0.4) is 0 Å². The second kappa shape index (κ2) is 1.94. The zero-order valence-corrected chi connectivity index (χ0v) is 5.47. The number of hydrogen-bond acceptors (Lipinski definition) is 0. The maximum atomic E-state index is 12.0. The highest BCUT2D eigenvalue weighted by Crippen LogP contribution is 2.33. The van der Waals surface area contributed by atoms with Crippen LogP contribution in [0, 0.1) is 0 Å². The molecule has 0 N–H and O–H groups in total. The largest absolute Gasteiger partial charge is 0.215 e. The first-order valence-corrected chi connectivity index (χ1v) is 3.29. The lowest BCUT2D eigenvalue weighted by Gasteiger charge is -2.20. The van der Waals surface area contributed by atoms with Crippen molar-refractivity contribution in [3.05, 3.63) is 41.7 Å². The standard InChI is InChI=1S/C9H7F/c10-6-8-5-7-3-1-2-4-9(7)8/h1-4,6H,5H2/b8-6-. The third kappa shape index (κ3) is 0.604. The highest BCUT2D eigenvalue weighted by molar-refractivity contribution is 5.78. The highest BCUT2D eigenvalue weighted by Gasteiger charge is 2.17. The van der Waals surface area contributed by atoms with Crippen molar-refractivity contribution in [3.8, 4) is 0 Å². The van der Waals surface area contributed by atoms with Crippen LogP contribution in [0.25, 0.3) is 5.57 Å². The van der Waals surface area contributed by atoms with Gasteiger partial charge in [0.2, 0.25) is 0 Å². The average molecular weight is 134 g/mol. The molecule has 1 aliphatic carbocycles. The fourth-order valence-electron chi connectivity index (χ4n) is 1.28. The van der Waals surface area contributed by atoms with E-state index in [4.69, 9.17) is 0 Å². The van der Waals surface area contributed by atoms with Gasteiger partial charge in [-0.15, -0.1) is 0 Å². The van der Waals surface area contributed by atoms with Gasteiger partial charge in [0.1, 0.15) is 0 Å². The Labute approximate surface area is 59.0 Å². The normalized spacial score (nSPS) is 18.3. The fraction of sp³-hybridized carbons (Fsp3) is 0.111. The molecule has 1 aromatic rings. The maximum absolute atomic E-state index is 12.0. The number of fused-ring (bicyclic) bond motifs is 1. The van der Waals surface area contributed by atoms with Crippen LogP contribution in [0.15, 0.2) is 30.6 Å². The van der Waals surface area contributed by atoms with Gasteiger partial charge in [0.05, 0.1) is 6.33 Å². The van der Waals surface area contributed by atoms with Crippen LogP contribution in [0.1, 0.15) is 11.1 Å². The van der Waals surface area contributed by atoms with Gasteiger partial charge in [-0.05, 0) is 16.7 Å². The molecule has 0 aliphatic heterocycles. The summed E-state index contributed by atoms with van der Waals surface area (Å²) in [5.41, 5.74) is 3.16. The molecular formula is C9H7F. The quantitative estimate of drug-likeness (QED) is 0.511. The minimum absolute atomic E-state index is 0.697. The molecule has 2 rings (SSSR count). The summed E-state index contributed by atoms with van der Waals surface area (Å²) in [5, 5.41) is 0. The van der Waals surface area contributed by atoms with E-state index in [9.17, 15) is 4.39 Å². The predicted octanol–water partition coefficient (Wildman–Crippen LogP) is 2.55. The summed E-state index contributed by atoms with van der Waals surface area (Å²) in [6, 6.07) is 7.89. The van der Waals surface area contributed by atoms with Crippen LogP contribution >= 0.6 is 0 Å². The van der Waals surface area contributed by atoms with Gasteiger partial charge >= 0.3 is 0 Å². The number of allylic oxidation sites excluding steroid dienone is 1. The summed E-state index contributed by atoms with van der Waals surface area (Å²) in [7, 11) is 0. The van der Waals surface area contributed by atoms with Crippen molar-refractivity contribution in [1.29, 1.82) is 0 Å². The Morgan fingerprint density at radius 2 is 2.10 bits per heavy atom. The smallest absolute Gasteiger partial charge is 0.0908 e. The predicted molar refractivity (Wildman–Crippen MR) is 39.2 cm³/mol. The zero-order valence-electron chi connectivity index (χ0n) is 5.47. The van der Waals surface area contributed by atoms with Crippen molar-refractivity contribution in [3.63, 3.8) is 0 Å². The second-order valence-corrected chi connectivity index (χ2v) is 2.47. The second-order valence-electron chi connectivity index (χ2n) is 2.47. The van der Waals surface area contributed by atoms with Crippen LogP contribution in [0.5, 0.6) is 0 Å². The molecule has 0 fully saturated rings. The first kappa shape index (κ1) is 5.66. The Kier molecular flexibility index (Phi) is 1.10. The maximum Gasteiger partial charge on any atom is 0.0908 e. The van der Waals surface area contributed by atoms with Crippen LogP contribution in [0.4, 0.5) is 4.39 Å². The van der Waals surface area contributed by atoms with E-state index in [1.807, 2.05) is 24.3 Å². The van der Waals surface area contributed by atoms with E-state index in [0.717, 1.165) is 17.6 Å². The Bertz CT molecular complexity index is 287. The molecular weight excluding hydrogens is 127 g/mol. The fourth-order valence-corrected chi connectivity index (χ4v) is 1.28. The number of rotatable bonds is 0. The van der Waals surface area contributed by atoms with E-state index >= 15 is 0 Å². The topological polar surface area (TPSA) is 0 Å². The molecule has 0 heterocycles. The van der Waals surface area contributed by atoms with Gasteiger partial charge in [0.15, 0.2) is 0 Å². The van der Waals surface area contributed by atoms with E-state index in [1.165, 1.54) is 5.56 Å². The third-order valence-electron chi connectivity index (χ3n) is 1.88. The van der Waals surface area contributed by atoms with Crippen molar-refractivity contribution >= 4 is 5.57 Å². The lowest BCUT2D eigenvalue weighted by atomic mass is 9.84. The van der Waals surface area contributed by atoms with Gasteiger partial charge in [-0.2, -0.15) is 0 Å². The van der Waals surface area contributed by atoms with Gasteiger partial charge in [-0.25, -0.2) is 4.39 Å². The Balaban J connectivity index is 2.53. The van der Waals surface area contributed by atoms with Crippen molar-refractivity contribution in [2.75, 3.05) is 0 Å². The molecule has 50 valence electrons. The van der Waals surface area contributed by atoms with E-state index in [0.29, 0.717) is 6.33 Å². The summed E-state index contributed by atoms with van der Waals surface area (Å²) in [4.78, 5) is 0. The molecule has 0 aromatic heterocycles. The minimum Gasteiger partial charge on any atom is -0.215 e. The molecule has 1 heteroatoms. The van der Waals surface area contributed by atoms with E-state index in [-0.39, 0.29) is 0 Å². The van der Waals surface area contributed by atoms with Gasteiger partial charge in [-0.1, -0.05) is 24.3 Å².